The second-order valence-corrected chi connectivity index (χ2v) is 7.46. The summed E-state index contributed by atoms with van der Waals surface area (Å²) in [5, 5.41) is 41.8. The predicted octanol–water partition coefficient (Wildman–Crippen LogP) is 0.661. The van der Waals surface area contributed by atoms with Gasteiger partial charge in [-0.25, -0.2) is 9.78 Å². The van der Waals surface area contributed by atoms with Gasteiger partial charge in [0.25, 0.3) is 5.91 Å². The lowest BCUT2D eigenvalue weighted by molar-refractivity contribution is -0.323. The Balaban J connectivity index is 2.06. The van der Waals surface area contributed by atoms with Gasteiger partial charge in [-0.3, -0.25) is 20.2 Å². The minimum Gasteiger partial charge on any atom is -0.494 e. The van der Waals surface area contributed by atoms with Gasteiger partial charge in [0.1, 0.15) is 5.01 Å². The molecule has 0 spiro atoms. The maximum absolute atomic E-state index is 12.4. The topological polar surface area (TPSA) is 205 Å². The van der Waals surface area contributed by atoms with Crippen LogP contribution in [0.15, 0.2) is 30.5 Å². The van der Waals surface area contributed by atoms with Crippen LogP contribution in [0.25, 0.3) is 10.6 Å². The molecule has 14 nitrogen and oxygen atoms in total. The van der Waals surface area contributed by atoms with E-state index in [1.54, 1.807) is 18.2 Å². The van der Waals surface area contributed by atoms with Crippen LogP contribution >= 0.6 is 11.3 Å². The molecular weight excluding hydrogens is 472 g/mol. The molecule has 178 valence electrons. The number of aldehydes is 1. The van der Waals surface area contributed by atoms with Crippen molar-refractivity contribution in [1.82, 2.24) is 20.5 Å². The third kappa shape index (κ3) is 5.78. The first kappa shape index (κ1) is 24.5. The van der Waals surface area contributed by atoms with Gasteiger partial charge in [0, 0.05) is 12.3 Å². The van der Waals surface area contributed by atoms with Gasteiger partial charge in [-0.1, -0.05) is 6.07 Å². The zero-order valence-electron chi connectivity index (χ0n) is 17.6. The number of aliphatic hydroxyl groups is 3. The van der Waals surface area contributed by atoms with Gasteiger partial charge in [0.05, 0.1) is 36.0 Å². The van der Waals surface area contributed by atoms with E-state index >= 15 is 0 Å². The molecule has 15 heteroatoms. The lowest BCUT2D eigenvalue weighted by Gasteiger charge is -2.18. The summed E-state index contributed by atoms with van der Waals surface area (Å²) in [7, 11) is 2.54. The van der Waals surface area contributed by atoms with Crippen LogP contribution in [-0.4, -0.2) is 69.1 Å². The number of aromatic nitrogens is 3. The Morgan fingerprint density at radius 1 is 1.15 bits per heavy atom. The van der Waals surface area contributed by atoms with E-state index in [4.69, 9.17) is 20.1 Å². The zero-order chi connectivity index (χ0) is 24.9. The summed E-state index contributed by atoms with van der Waals surface area (Å²) in [6.07, 6.45) is -2.29. The summed E-state index contributed by atoms with van der Waals surface area (Å²) in [5.41, 5.74) is 0.317. The third-order valence-corrected chi connectivity index (χ3v) is 5.02. The summed E-state index contributed by atoms with van der Waals surface area (Å²) in [6.45, 7) is 0. The summed E-state index contributed by atoms with van der Waals surface area (Å²) in [5.74, 6) is -1.03. The van der Waals surface area contributed by atoms with Crippen molar-refractivity contribution >= 4 is 46.8 Å². The van der Waals surface area contributed by atoms with E-state index in [2.05, 4.69) is 30.6 Å². The Hall–Kier alpha value is -4.18. The quantitative estimate of drug-likeness (QED) is 0.190. The van der Waals surface area contributed by atoms with Crippen LogP contribution in [0.5, 0.6) is 5.75 Å². The van der Waals surface area contributed by atoms with Crippen LogP contribution in [0.4, 0.5) is 22.0 Å². The lowest BCUT2D eigenvalue weighted by atomic mass is 10.1. The number of thiazole rings is 1. The first-order valence-electron chi connectivity index (χ1n) is 9.23. The van der Waals surface area contributed by atoms with Gasteiger partial charge in [-0.15, -0.1) is 21.5 Å². The molecular formula is C19H18N6O8S. The minimum atomic E-state index is -3.52. The molecule has 6 N–H and O–H groups in total. The fraction of sp³-hybridized carbons (Fsp3) is 0.158. The van der Waals surface area contributed by atoms with Gasteiger partial charge in [-0.05, 0) is 12.1 Å². The van der Waals surface area contributed by atoms with Gasteiger partial charge in [0.15, 0.2) is 23.5 Å². The number of hydrogen-bond donors (Lipinski definition) is 6. The van der Waals surface area contributed by atoms with Gasteiger partial charge in [0.2, 0.25) is 0 Å². The van der Waals surface area contributed by atoms with Crippen LogP contribution in [0, 0.1) is 0 Å². The number of carbonyl (C=O) groups excluding carboxylic acids is 3. The number of hydrogen-bond acceptors (Lipinski definition) is 13. The van der Waals surface area contributed by atoms with E-state index in [-0.39, 0.29) is 11.5 Å². The van der Waals surface area contributed by atoms with Crippen molar-refractivity contribution < 1.29 is 39.2 Å². The molecule has 3 rings (SSSR count). The maximum Gasteiger partial charge on any atom is 0.412 e. The van der Waals surface area contributed by atoms with Crippen molar-refractivity contribution in [2.75, 3.05) is 24.9 Å². The fourth-order valence-electron chi connectivity index (χ4n) is 2.72. The number of benzene rings is 1. The number of ether oxygens (including phenoxy) is 2. The number of nitrogens with zero attached hydrogens (tertiary/aromatic N) is 3. The number of nitrogens with one attached hydrogen (secondary N) is 3. The van der Waals surface area contributed by atoms with Gasteiger partial charge < -0.3 is 30.1 Å². The third-order valence-electron chi connectivity index (χ3n) is 4.06. The van der Waals surface area contributed by atoms with Crippen molar-refractivity contribution in [2.45, 2.75) is 6.10 Å². The van der Waals surface area contributed by atoms with E-state index in [9.17, 15) is 14.4 Å². The summed E-state index contributed by atoms with van der Waals surface area (Å²) < 4.78 is 10.0. The summed E-state index contributed by atoms with van der Waals surface area (Å²) in [4.78, 5) is 39.6. The number of amides is 2. The lowest BCUT2D eigenvalue weighted by Crippen LogP contribution is -2.48. The Morgan fingerprint density at radius 2 is 1.91 bits per heavy atom. The number of rotatable bonds is 8. The molecule has 0 aliphatic carbocycles. The highest BCUT2D eigenvalue weighted by atomic mass is 32.1. The Morgan fingerprint density at radius 3 is 2.53 bits per heavy atom. The van der Waals surface area contributed by atoms with Crippen molar-refractivity contribution in [3.05, 3.63) is 41.0 Å². The van der Waals surface area contributed by atoms with Crippen molar-refractivity contribution in [2.24, 2.45) is 0 Å². The zero-order valence-corrected chi connectivity index (χ0v) is 18.4. The second kappa shape index (κ2) is 10.2. The predicted molar refractivity (Wildman–Crippen MR) is 118 cm³/mol. The number of carbonyl (C=O) groups is 3. The molecule has 0 aliphatic heterocycles. The van der Waals surface area contributed by atoms with Gasteiger partial charge in [-0.2, -0.15) is 0 Å². The monoisotopic (exact) mass is 490 g/mol. The highest BCUT2D eigenvalue weighted by Gasteiger charge is 2.26. The molecule has 2 aromatic heterocycles. The van der Waals surface area contributed by atoms with E-state index in [0.717, 1.165) is 18.4 Å². The average Bonchev–Trinajstić information content (AvgIpc) is 3.27. The molecule has 0 saturated heterocycles. The normalized spacial score (nSPS) is 10.9. The molecule has 1 aromatic carbocycles. The Labute approximate surface area is 195 Å². The van der Waals surface area contributed by atoms with Crippen molar-refractivity contribution in [3.8, 4) is 16.3 Å². The molecule has 2 heterocycles. The molecule has 0 saturated carbocycles. The highest BCUT2D eigenvalue weighted by molar-refractivity contribution is 7.16. The fourth-order valence-corrected chi connectivity index (χ4v) is 3.47. The van der Waals surface area contributed by atoms with Crippen LogP contribution < -0.4 is 20.7 Å². The Kier molecular flexibility index (Phi) is 7.32. The van der Waals surface area contributed by atoms with E-state index in [0.29, 0.717) is 33.2 Å². The van der Waals surface area contributed by atoms with Crippen LogP contribution in [-0.2, 0) is 4.74 Å². The smallest absolute Gasteiger partial charge is 0.412 e. The largest absolute Gasteiger partial charge is 0.494 e. The SMILES string of the molecule is COC(=O)Nc1cc(Nc2cccc(-c3ncc(C=O)s3)c2OC)c(C(=O)NC(O)(O)O)nn1. The standard InChI is InChI=1S/C19H18N6O8S/c1-32-15-10(17-20-7-9(8-26)34-17)4-3-5-11(15)21-12-6-13(22-18(28)33-2)24-25-14(12)16(27)23-19(29,30)31/h3-8,29-31H,1-2H3,(H,23,27)(H2,21,22,24,28). The summed E-state index contributed by atoms with van der Waals surface area (Å²) in [6, 6.07) is 6.18. The first-order chi connectivity index (χ1) is 16.1. The Bertz CT molecular complexity index is 1230. The molecule has 0 radical (unpaired) electrons. The molecule has 0 fully saturated rings. The molecule has 2 amide bonds. The number of anilines is 3. The maximum atomic E-state index is 12.4. The number of para-hydroxylation sites is 1. The second-order valence-electron chi connectivity index (χ2n) is 6.39. The van der Waals surface area contributed by atoms with Crippen LogP contribution in [0.3, 0.4) is 0 Å². The molecule has 0 unspecified atom stereocenters. The average molecular weight is 490 g/mol. The summed E-state index contributed by atoms with van der Waals surface area (Å²) >= 11 is 1.14. The number of methoxy groups -OCH3 is 2. The van der Waals surface area contributed by atoms with Crippen LogP contribution in [0.2, 0.25) is 0 Å². The first-order valence-corrected chi connectivity index (χ1v) is 10.0. The molecule has 34 heavy (non-hydrogen) atoms. The molecule has 3 aromatic rings. The van der Waals surface area contributed by atoms with Crippen molar-refractivity contribution in [1.29, 1.82) is 0 Å². The molecule has 0 atom stereocenters. The van der Waals surface area contributed by atoms with E-state index in [1.807, 2.05) is 0 Å². The molecule has 0 aliphatic rings. The minimum absolute atomic E-state index is 0.0636. The van der Waals surface area contributed by atoms with Crippen LogP contribution in [0.1, 0.15) is 20.2 Å². The van der Waals surface area contributed by atoms with E-state index < -0.39 is 23.8 Å². The molecule has 0 bridgehead atoms. The van der Waals surface area contributed by atoms with Crippen molar-refractivity contribution in [3.63, 3.8) is 0 Å². The highest BCUT2D eigenvalue weighted by Crippen LogP contribution is 2.39. The van der Waals surface area contributed by atoms with E-state index in [1.165, 1.54) is 24.7 Å². The van der Waals surface area contributed by atoms with Gasteiger partial charge >= 0.3 is 12.2 Å².